The first-order valence-corrected chi connectivity index (χ1v) is 13.1. The fourth-order valence-electron chi connectivity index (χ4n) is 4.20. The molecule has 0 bridgehead atoms. The first kappa shape index (κ1) is 27.6. The van der Waals surface area contributed by atoms with Gasteiger partial charge in [-0.3, -0.25) is 14.6 Å². The van der Waals surface area contributed by atoms with Gasteiger partial charge < -0.3 is 20.7 Å². The van der Waals surface area contributed by atoms with Crippen molar-refractivity contribution in [3.8, 4) is 0 Å². The first-order chi connectivity index (χ1) is 17.1. The Kier molecular flexibility index (Phi) is 9.87. The van der Waals surface area contributed by atoms with E-state index in [-0.39, 0.29) is 24.3 Å². The third-order valence-corrected chi connectivity index (χ3v) is 6.55. The Hall–Kier alpha value is -2.94. The van der Waals surface area contributed by atoms with Gasteiger partial charge in [0.1, 0.15) is 11.6 Å². The molecule has 1 aromatic carbocycles. The summed E-state index contributed by atoms with van der Waals surface area (Å²) >= 11 is 3.45. The fourth-order valence-corrected chi connectivity index (χ4v) is 4.62. The number of rotatable bonds is 8. The predicted octanol–water partition coefficient (Wildman–Crippen LogP) is 4.65. The summed E-state index contributed by atoms with van der Waals surface area (Å²) in [6.07, 6.45) is 4.30. The number of hydrogen-bond donors (Lipinski definition) is 3. The summed E-state index contributed by atoms with van der Waals surface area (Å²) in [5, 5.41) is 8.70. The van der Waals surface area contributed by atoms with Crippen LogP contribution in [-0.2, 0) is 20.9 Å². The summed E-state index contributed by atoms with van der Waals surface area (Å²) in [4.78, 5) is 42.5. The third-order valence-electron chi connectivity index (χ3n) is 6.05. The molecule has 0 radical (unpaired) electrons. The normalized spacial score (nSPS) is 18.6. The molecule has 0 aliphatic heterocycles. The van der Waals surface area contributed by atoms with Crippen LogP contribution in [0.5, 0.6) is 0 Å². The minimum absolute atomic E-state index is 0.133. The largest absolute Gasteiger partial charge is 0.444 e. The van der Waals surface area contributed by atoms with Gasteiger partial charge in [-0.15, -0.1) is 0 Å². The molecule has 0 saturated heterocycles. The van der Waals surface area contributed by atoms with Crippen LogP contribution in [0.1, 0.15) is 63.8 Å². The molecule has 2 aromatic rings. The van der Waals surface area contributed by atoms with E-state index in [1.54, 1.807) is 6.20 Å². The van der Waals surface area contributed by atoms with Gasteiger partial charge in [-0.1, -0.05) is 34.1 Å². The fraction of sp³-hybridized carbons (Fsp3) is 0.481. The second-order valence-corrected chi connectivity index (χ2v) is 11.1. The van der Waals surface area contributed by atoms with Crippen LogP contribution in [0.3, 0.4) is 0 Å². The number of alkyl carbamates (subject to hydrolysis) is 1. The lowest BCUT2D eigenvalue weighted by Gasteiger charge is -2.29. The molecule has 1 heterocycles. The molecule has 1 aliphatic carbocycles. The summed E-state index contributed by atoms with van der Waals surface area (Å²) in [6, 6.07) is 12.1. The van der Waals surface area contributed by atoms with E-state index in [4.69, 9.17) is 4.74 Å². The number of amides is 3. The molecule has 1 saturated carbocycles. The zero-order valence-electron chi connectivity index (χ0n) is 21.1. The Bertz CT molecular complexity index is 1030. The Morgan fingerprint density at radius 3 is 2.44 bits per heavy atom. The van der Waals surface area contributed by atoms with Crippen molar-refractivity contribution in [2.45, 2.75) is 64.6 Å². The number of benzene rings is 1. The molecule has 9 heteroatoms. The number of aromatic nitrogens is 1. The average molecular weight is 560 g/mol. The number of carbonyl (C=O) groups excluding carboxylic acids is 3. The molecular weight excluding hydrogens is 524 g/mol. The number of hydrogen-bond acceptors (Lipinski definition) is 5. The van der Waals surface area contributed by atoms with Crippen molar-refractivity contribution in [3.05, 3.63) is 64.4 Å². The maximum atomic E-state index is 13.2. The SMILES string of the molecule is CC(C)(C)OC(=O)NCC1CCC(C(=O)NC(C(=O)NCc2ccccn2)c2cccc(Br)c2)CC1. The molecular formula is C27H35BrN4O4. The first-order valence-electron chi connectivity index (χ1n) is 12.3. The van der Waals surface area contributed by atoms with Crippen molar-refractivity contribution in [1.82, 2.24) is 20.9 Å². The van der Waals surface area contributed by atoms with Gasteiger partial charge in [0.15, 0.2) is 0 Å². The maximum absolute atomic E-state index is 13.2. The molecule has 1 atom stereocenters. The van der Waals surface area contributed by atoms with Crippen LogP contribution < -0.4 is 16.0 Å². The lowest BCUT2D eigenvalue weighted by atomic mass is 9.81. The van der Waals surface area contributed by atoms with E-state index in [0.29, 0.717) is 30.9 Å². The minimum Gasteiger partial charge on any atom is -0.444 e. The van der Waals surface area contributed by atoms with Crippen molar-refractivity contribution in [2.24, 2.45) is 11.8 Å². The molecule has 1 aliphatic rings. The number of nitrogens with zero attached hydrogens (tertiary/aromatic N) is 1. The highest BCUT2D eigenvalue weighted by Crippen LogP contribution is 2.29. The van der Waals surface area contributed by atoms with E-state index in [9.17, 15) is 14.4 Å². The standard InChI is InChI=1S/C27H35BrN4O4/c1-27(2,3)36-26(35)31-16-18-10-12-19(13-11-18)24(33)32-23(20-7-6-8-21(28)15-20)25(34)30-17-22-9-4-5-14-29-22/h4-9,14-15,18-19,23H,10-13,16-17H2,1-3H3,(H,30,34)(H,31,35)(H,32,33). The number of carbonyl (C=O) groups is 3. The topological polar surface area (TPSA) is 109 Å². The lowest BCUT2D eigenvalue weighted by Crippen LogP contribution is -2.43. The molecule has 3 N–H and O–H groups in total. The van der Waals surface area contributed by atoms with Crippen molar-refractivity contribution in [3.63, 3.8) is 0 Å². The number of pyridine rings is 1. The zero-order valence-corrected chi connectivity index (χ0v) is 22.6. The van der Waals surface area contributed by atoms with Gasteiger partial charge in [0.05, 0.1) is 12.2 Å². The smallest absolute Gasteiger partial charge is 0.407 e. The van der Waals surface area contributed by atoms with Gasteiger partial charge in [0.2, 0.25) is 11.8 Å². The van der Waals surface area contributed by atoms with Crippen molar-refractivity contribution in [1.29, 1.82) is 0 Å². The predicted molar refractivity (Wildman–Crippen MR) is 141 cm³/mol. The highest BCUT2D eigenvalue weighted by atomic mass is 79.9. The molecule has 194 valence electrons. The van der Waals surface area contributed by atoms with E-state index < -0.39 is 17.7 Å². The van der Waals surface area contributed by atoms with Crippen LogP contribution >= 0.6 is 15.9 Å². The van der Waals surface area contributed by atoms with Crippen LogP contribution in [0.25, 0.3) is 0 Å². The lowest BCUT2D eigenvalue weighted by molar-refractivity contribution is -0.132. The summed E-state index contributed by atoms with van der Waals surface area (Å²) < 4.78 is 6.12. The summed E-state index contributed by atoms with van der Waals surface area (Å²) in [5.41, 5.74) is 0.907. The monoisotopic (exact) mass is 558 g/mol. The number of halogens is 1. The molecule has 3 rings (SSSR count). The highest BCUT2D eigenvalue weighted by Gasteiger charge is 2.30. The summed E-state index contributed by atoms with van der Waals surface area (Å²) in [7, 11) is 0. The molecule has 1 fully saturated rings. The van der Waals surface area contributed by atoms with Gasteiger partial charge in [0.25, 0.3) is 0 Å². The van der Waals surface area contributed by atoms with E-state index in [0.717, 1.165) is 23.0 Å². The van der Waals surface area contributed by atoms with E-state index in [1.807, 2.05) is 63.2 Å². The van der Waals surface area contributed by atoms with Crippen LogP contribution in [0, 0.1) is 11.8 Å². The van der Waals surface area contributed by atoms with Crippen LogP contribution in [0.4, 0.5) is 4.79 Å². The van der Waals surface area contributed by atoms with Gasteiger partial charge in [0, 0.05) is 23.1 Å². The molecule has 8 nitrogen and oxygen atoms in total. The van der Waals surface area contributed by atoms with Crippen LogP contribution in [0.15, 0.2) is 53.1 Å². The van der Waals surface area contributed by atoms with Crippen molar-refractivity contribution in [2.75, 3.05) is 6.54 Å². The van der Waals surface area contributed by atoms with E-state index in [2.05, 4.69) is 36.9 Å². The summed E-state index contributed by atoms with van der Waals surface area (Å²) in [6.45, 7) is 6.29. The molecule has 1 unspecified atom stereocenters. The minimum atomic E-state index is -0.815. The van der Waals surface area contributed by atoms with E-state index in [1.165, 1.54) is 0 Å². The Labute approximate surface area is 221 Å². The Morgan fingerprint density at radius 1 is 1.06 bits per heavy atom. The third kappa shape index (κ3) is 8.93. The quantitative estimate of drug-likeness (QED) is 0.437. The van der Waals surface area contributed by atoms with Crippen molar-refractivity contribution < 1.29 is 19.1 Å². The number of nitrogens with one attached hydrogen (secondary N) is 3. The second kappa shape index (κ2) is 12.9. The van der Waals surface area contributed by atoms with Gasteiger partial charge >= 0.3 is 6.09 Å². The van der Waals surface area contributed by atoms with Gasteiger partial charge in [-0.25, -0.2) is 4.79 Å². The zero-order chi connectivity index (χ0) is 26.1. The maximum Gasteiger partial charge on any atom is 0.407 e. The average Bonchev–Trinajstić information content (AvgIpc) is 2.84. The Morgan fingerprint density at radius 2 is 1.81 bits per heavy atom. The number of ether oxygens (including phenoxy) is 1. The van der Waals surface area contributed by atoms with Gasteiger partial charge in [-0.2, -0.15) is 0 Å². The highest BCUT2D eigenvalue weighted by molar-refractivity contribution is 9.10. The van der Waals surface area contributed by atoms with Crippen molar-refractivity contribution >= 4 is 33.8 Å². The van der Waals surface area contributed by atoms with Crippen LogP contribution in [-0.4, -0.2) is 35.0 Å². The Balaban J connectivity index is 1.55. The van der Waals surface area contributed by atoms with E-state index >= 15 is 0 Å². The second-order valence-electron chi connectivity index (χ2n) is 10.1. The molecule has 36 heavy (non-hydrogen) atoms. The van der Waals surface area contributed by atoms with Gasteiger partial charge in [-0.05, 0) is 82.2 Å². The molecule has 1 aromatic heterocycles. The molecule has 3 amide bonds. The summed E-state index contributed by atoms with van der Waals surface area (Å²) in [5.74, 6) is -0.306. The van der Waals surface area contributed by atoms with Crippen LogP contribution in [0.2, 0.25) is 0 Å². The molecule has 0 spiro atoms.